The highest BCUT2D eigenvalue weighted by Crippen LogP contribution is 2.20. The van der Waals surface area contributed by atoms with Crippen molar-refractivity contribution in [2.45, 2.75) is 5.75 Å². The number of rotatable bonds is 2. The molecule has 0 spiro atoms. The lowest BCUT2D eigenvalue weighted by Crippen LogP contribution is -1.70. The number of hydrogen-bond donors (Lipinski definition) is 2. The zero-order valence-corrected chi connectivity index (χ0v) is 7.34. The van der Waals surface area contributed by atoms with E-state index in [1.54, 1.807) is 0 Å². The molecule has 2 nitrogen and oxygen atoms in total. The second kappa shape index (κ2) is 3.11. The third kappa shape index (κ3) is 1.28. The third-order valence-electron chi connectivity index (χ3n) is 1.68. The smallest absolute Gasteiger partial charge is 0.150 e. The van der Waals surface area contributed by atoms with Gasteiger partial charge in [0.15, 0.2) is 5.76 Å². The Morgan fingerprint density at radius 3 is 2.83 bits per heavy atom. The number of H-pyrrole nitrogens is 1. The molecule has 2 heterocycles. The molecule has 0 saturated heterocycles. The van der Waals surface area contributed by atoms with Crippen LogP contribution in [0.3, 0.4) is 0 Å². The van der Waals surface area contributed by atoms with Crippen LogP contribution in [0.15, 0.2) is 34.9 Å². The molecule has 3 heteroatoms. The second-order valence-corrected chi connectivity index (χ2v) is 2.82. The molecular formula is C9H9NOS. The van der Waals surface area contributed by atoms with Crippen LogP contribution < -0.4 is 0 Å². The molecule has 0 unspecified atom stereocenters. The van der Waals surface area contributed by atoms with E-state index in [1.165, 1.54) is 0 Å². The van der Waals surface area contributed by atoms with Gasteiger partial charge in [-0.3, -0.25) is 0 Å². The molecule has 2 aromatic heterocycles. The predicted octanol–water partition coefficient (Wildman–Crippen LogP) is 2.70. The predicted molar refractivity (Wildman–Crippen MR) is 51.2 cm³/mol. The number of aromatic nitrogens is 1. The Bertz CT molecular complexity index is 350. The molecule has 0 aliphatic heterocycles. The average Bonchev–Trinajstić information content (AvgIpc) is 2.75. The quantitative estimate of drug-likeness (QED) is 0.682. The molecule has 0 fully saturated rings. The molecule has 1 N–H and O–H groups in total. The lowest BCUT2D eigenvalue weighted by molar-refractivity contribution is 0.543. The standard InChI is InChI=1S/C9H9NOS/c12-6-7-3-4-9(11-7)8-2-1-5-10-8/h1-5,10,12H,6H2. The zero-order valence-electron chi connectivity index (χ0n) is 6.45. The Morgan fingerprint density at radius 2 is 2.25 bits per heavy atom. The molecule has 2 rings (SSSR count). The van der Waals surface area contributed by atoms with E-state index < -0.39 is 0 Å². The maximum atomic E-state index is 5.47. The van der Waals surface area contributed by atoms with Gasteiger partial charge in [0.1, 0.15) is 5.76 Å². The maximum absolute atomic E-state index is 5.47. The molecule has 0 aliphatic rings. The summed E-state index contributed by atoms with van der Waals surface area (Å²) >= 11 is 4.12. The molecule has 0 radical (unpaired) electrons. The van der Waals surface area contributed by atoms with Crippen molar-refractivity contribution in [3.8, 4) is 11.5 Å². The van der Waals surface area contributed by atoms with E-state index >= 15 is 0 Å². The summed E-state index contributed by atoms with van der Waals surface area (Å²) < 4.78 is 5.47. The van der Waals surface area contributed by atoms with Crippen molar-refractivity contribution in [1.82, 2.24) is 4.98 Å². The summed E-state index contributed by atoms with van der Waals surface area (Å²) in [6, 6.07) is 7.79. The minimum Gasteiger partial charge on any atom is -0.459 e. The van der Waals surface area contributed by atoms with Gasteiger partial charge in [0.05, 0.1) is 5.69 Å². The van der Waals surface area contributed by atoms with E-state index in [0.717, 1.165) is 17.2 Å². The van der Waals surface area contributed by atoms with Crippen LogP contribution in [0.25, 0.3) is 11.5 Å². The monoisotopic (exact) mass is 179 g/mol. The van der Waals surface area contributed by atoms with Gasteiger partial charge in [0.2, 0.25) is 0 Å². The van der Waals surface area contributed by atoms with E-state index in [4.69, 9.17) is 4.42 Å². The van der Waals surface area contributed by atoms with Gasteiger partial charge in [-0.15, -0.1) is 0 Å². The molecule has 0 aromatic carbocycles. The summed E-state index contributed by atoms with van der Waals surface area (Å²) in [6.45, 7) is 0. The van der Waals surface area contributed by atoms with Crippen LogP contribution in [0.2, 0.25) is 0 Å². The molecule has 62 valence electrons. The lowest BCUT2D eigenvalue weighted by Gasteiger charge is -1.90. The van der Waals surface area contributed by atoms with Crippen molar-refractivity contribution in [1.29, 1.82) is 0 Å². The van der Waals surface area contributed by atoms with Gasteiger partial charge in [-0.1, -0.05) is 0 Å². The Morgan fingerprint density at radius 1 is 1.33 bits per heavy atom. The van der Waals surface area contributed by atoms with Crippen LogP contribution in [0.4, 0.5) is 0 Å². The molecule has 0 saturated carbocycles. The summed E-state index contributed by atoms with van der Waals surface area (Å²) in [7, 11) is 0. The van der Waals surface area contributed by atoms with Gasteiger partial charge in [0, 0.05) is 11.9 Å². The van der Waals surface area contributed by atoms with Crippen LogP contribution in [0.1, 0.15) is 5.76 Å². The minimum absolute atomic E-state index is 0.640. The van der Waals surface area contributed by atoms with Gasteiger partial charge in [-0.2, -0.15) is 12.6 Å². The molecule has 0 bridgehead atoms. The van der Waals surface area contributed by atoms with Crippen molar-refractivity contribution in [2.75, 3.05) is 0 Å². The lowest BCUT2D eigenvalue weighted by atomic mass is 10.3. The van der Waals surface area contributed by atoms with Gasteiger partial charge in [0.25, 0.3) is 0 Å². The van der Waals surface area contributed by atoms with Gasteiger partial charge in [-0.25, -0.2) is 0 Å². The summed E-state index contributed by atoms with van der Waals surface area (Å²) in [5.74, 6) is 2.40. The Kier molecular flexibility index (Phi) is 1.96. The summed E-state index contributed by atoms with van der Waals surface area (Å²) in [4.78, 5) is 3.07. The fraction of sp³-hybridized carbons (Fsp3) is 0.111. The van der Waals surface area contributed by atoms with Crippen molar-refractivity contribution >= 4 is 12.6 Å². The fourth-order valence-electron chi connectivity index (χ4n) is 1.09. The Hall–Kier alpha value is -1.09. The van der Waals surface area contributed by atoms with E-state index in [0.29, 0.717) is 5.75 Å². The first kappa shape index (κ1) is 7.55. The average molecular weight is 179 g/mol. The molecule has 2 aromatic rings. The highest BCUT2D eigenvalue weighted by atomic mass is 32.1. The van der Waals surface area contributed by atoms with Crippen molar-refractivity contribution in [3.63, 3.8) is 0 Å². The van der Waals surface area contributed by atoms with Crippen LogP contribution in [0.5, 0.6) is 0 Å². The van der Waals surface area contributed by atoms with Crippen LogP contribution in [-0.4, -0.2) is 4.98 Å². The third-order valence-corrected chi connectivity index (χ3v) is 1.99. The molecule has 0 atom stereocenters. The number of aromatic amines is 1. The normalized spacial score (nSPS) is 10.4. The highest BCUT2D eigenvalue weighted by molar-refractivity contribution is 7.79. The Balaban J connectivity index is 2.35. The fourth-order valence-corrected chi connectivity index (χ4v) is 1.26. The molecular weight excluding hydrogens is 170 g/mol. The first-order valence-corrected chi connectivity index (χ1v) is 4.37. The second-order valence-electron chi connectivity index (χ2n) is 2.51. The largest absolute Gasteiger partial charge is 0.459 e. The SMILES string of the molecule is SCc1ccc(-c2ccc[nH]2)o1. The van der Waals surface area contributed by atoms with Gasteiger partial charge < -0.3 is 9.40 Å². The summed E-state index contributed by atoms with van der Waals surface area (Å²) in [6.07, 6.45) is 1.87. The summed E-state index contributed by atoms with van der Waals surface area (Å²) in [5.41, 5.74) is 1.00. The van der Waals surface area contributed by atoms with Crippen molar-refractivity contribution in [3.05, 3.63) is 36.2 Å². The molecule has 0 aliphatic carbocycles. The first-order valence-electron chi connectivity index (χ1n) is 3.73. The van der Waals surface area contributed by atoms with E-state index in [-0.39, 0.29) is 0 Å². The van der Waals surface area contributed by atoms with Crippen molar-refractivity contribution < 1.29 is 4.42 Å². The summed E-state index contributed by atoms with van der Waals surface area (Å²) in [5, 5.41) is 0. The van der Waals surface area contributed by atoms with E-state index in [9.17, 15) is 0 Å². The number of nitrogens with one attached hydrogen (secondary N) is 1. The van der Waals surface area contributed by atoms with Gasteiger partial charge >= 0.3 is 0 Å². The van der Waals surface area contributed by atoms with Gasteiger partial charge in [-0.05, 0) is 24.3 Å². The van der Waals surface area contributed by atoms with Crippen LogP contribution in [0, 0.1) is 0 Å². The first-order chi connectivity index (χ1) is 5.90. The zero-order chi connectivity index (χ0) is 8.39. The molecule has 0 amide bonds. The number of furan rings is 1. The van der Waals surface area contributed by atoms with Crippen LogP contribution >= 0.6 is 12.6 Å². The number of hydrogen-bond acceptors (Lipinski definition) is 2. The molecule has 12 heavy (non-hydrogen) atoms. The highest BCUT2D eigenvalue weighted by Gasteiger charge is 2.02. The van der Waals surface area contributed by atoms with Crippen LogP contribution in [-0.2, 0) is 5.75 Å². The maximum Gasteiger partial charge on any atom is 0.150 e. The van der Waals surface area contributed by atoms with E-state index in [2.05, 4.69) is 17.6 Å². The topological polar surface area (TPSA) is 28.9 Å². The van der Waals surface area contributed by atoms with E-state index in [1.807, 2.05) is 30.5 Å². The number of thiol groups is 1. The van der Waals surface area contributed by atoms with Crippen molar-refractivity contribution in [2.24, 2.45) is 0 Å². The minimum atomic E-state index is 0.640. The Labute approximate surface area is 76.0 Å².